The molecule has 0 radical (unpaired) electrons. The van der Waals surface area contributed by atoms with E-state index in [9.17, 15) is 18.3 Å². The number of nitrogens with zero attached hydrogens (tertiary/aromatic N) is 4. The van der Waals surface area contributed by atoms with Gasteiger partial charge in [0.15, 0.2) is 5.65 Å². The lowest BCUT2D eigenvalue weighted by molar-refractivity contribution is -0.137. The molecule has 0 unspecified atom stereocenters. The van der Waals surface area contributed by atoms with Gasteiger partial charge in [-0.1, -0.05) is 0 Å². The lowest BCUT2D eigenvalue weighted by atomic mass is 10.0. The van der Waals surface area contributed by atoms with Gasteiger partial charge in [0, 0.05) is 29.9 Å². The Labute approximate surface area is 159 Å². The largest absolute Gasteiger partial charge is 0.507 e. The first-order valence-electron chi connectivity index (χ1n) is 9.02. The van der Waals surface area contributed by atoms with Crippen LogP contribution in [0.15, 0.2) is 36.5 Å². The molecule has 1 fully saturated rings. The van der Waals surface area contributed by atoms with Crippen molar-refractivity contribution >= 4 is 11.6 Å². The summed E-state index contributed by atoms with van der Waals surface area (Å²) in [7, 11) is 2.07. The summed E-state index contributed by atoms with van der Waals surface area (Å²) in [6, 6.07) is 6.63. The van der Waals surface area contributed by atoms with Crippen LogP contribution in [0.25, 0.3) is 16.8 Å². The van der Waals surface area contributed by atoms with E-state index in [1.165, 1.54) is 6.07 Å². The highest BCUT2D eigenvalue weighted by Gasteiger charge is 2.31. The minimum Gasteiger partial charge on any atom is -0.507 e. The topological polar surface area (TPSA) is 65.7 Å². The molecule has 148 valence electrons. The normalized spacial score (nSPS) is 18.5. The Hall–Kier alpha value is -2.81. The Morgan fingerprint density at radius 3 is 2.71 bits per heavy atom. The average molecular weight is 391 g/mol. The van der Waals surface area contributed by atoms with Gasteiger partial charge < -0.3 is 15.3 Å². The van der Waals surface area contributed by atoms with Gasteiger partial charge >= 0.3 is 6.18 Å². The number of halogens is 3. The molecule has 1 aliphatic heterocycles. The molecular weight excluding hydrogens is 371 g/mol. The fourth-order valence-corrected chi connectivity index (χ4v) is 3.63. The van der Waals surface area contributed by atoms with Crippen molar-refractivity contribution in [1.82, 2.24) is 19.5 Å². The van der Waals surface area contributed by atoms with E-state index in [-0.39, 0.29) is 11.6 Å². The predicted octanol–water partition coefficient (Wildman–Crippen LogP) is 3.63. The number of fused-ring (bicyclic) bond motifs is 1. The number of aromatic hydroxyl groups is 1. The molecule has 6 nitrogen and oxygen atoms in total. The van der Waals surface area contributed by atoms with Crippen molar-refractivity contribution in [3.63, 3.8) is 0 Å². The summed E-state index contributed by atoms with van der Waals surface area (Å²) in [4.78, 5) is 2.25. The van der Waals surface area contributed by atoms with Crippen molar-refractivity contribution in [3.05, 3.63) is 42.1 Å². The molecule has 0 saturated carbocycles. The molecule has 0 aliphatic carbocycles. The molecule has 3 aromatic rings. The summed E-state index contributed by atoms with van der Waals surface area (Å²) in [6.07, 6.45) is -0.607. The molecule has 1 aliphatic rings. The zero-order valence-corrected chi connectivity index (χ0v) is 15.2. The van der Waals surface area contributed by atoms with E-state index in [1.807, 2.05) is 0 Å². The number of nitrogens with one attached hydrogen (secondary N) is 1. The smallest absolute Gasteiger partial charge is 0.416 e. The van der Waals surface area contributed by atoms with Crippen LogP contribution in [0.4, 0.5) is 19.1 Å². The first-order chi connectivity index (χ1) is 13.3. The summed E-state index contributed by atoms with van der Waals surface area (Å²) < 4.78 is 40.3. The van der Waals surface area contributed by atoms with Gasteiger partial charge in [-0.15, -0.1) is 10.2 Å². The van der Waals surface area contributed by atoms with Gasteiger partial charge in [0.05, 0.1) is 5.56 Å². The number of phenols is 1. The Kier molecular flexibility index (Phi) is 4.62. The number of benzene rings is 1. The maximum absolute atomic E-state index is 12.9. The zero-order valence-electron chi connectivity index (χ0n) is 15.2. The molecule has 3 heterocycles. The highest BCUT2D eigenvalue weighted by atomic mass is 19.4. The fourth-order valence-electron chi connectivity index (χ4n) is 3.63. The van der Waals surface area contributed by atoms with Crippen molar-refractivity contribution in [2.45, 2.75) is 25.1 Å². The maximum atomic E-state index is 12.9. The van der Waals surface area contributed by atoms with Gasteiger partial charge in [-0.25, -0.2) is 0 Å². The van der Waals surface area contributed by atoms with Crippen LogP contribution in [-0.2, 0) is 6.18 Å². The molecule has 0 bridgehead atoms. The van der Waals surface area contributed by atoms with Crippen molar-refractivity contribution in [1.29, 1.82) is 0 Å². The van der Waals surface area contributed by atoms with E-state index in [0.29, 0.717) is 17.2 Å². The number of pyridine rings is 1. The standard InChI is InChI=1S/C19H20F3N5O/c1-26-8-2-4-13(11-26)23-18-25-24-17-15(5-3-9-27(17)18)14-7-6-12(10-16(14)28)19(20,21)22/h3,5-7,9-10,13,28H,2,4,8,11H2,1H3,(H,23,25)/t13-/m1/s1. The highest BCUT2D eigenvalue weighted by molar-refractivity contribution is 5.82. The van der Waals surface area contributed by atoms with Crippen LogP contribution >= 0.6 is 0 Å². The van der Waals surface area contributed by atoms with Gasteiger partial charge in [-0.2, -0.15) is 13.2 Å². The number of hydrogen-bond acceptors (Lipinski definition) is 5. The Bertz CT molecular complexity index is 1000. The van der Waals surface area contributed by atoms with Crippen LogP contribution in [0.3, 0.4) is 0 Å². The molecule has 2 N–H and O–H groups in total. The Morgan fingerprint density at radius 1 is 1.18 bits per heavy atom. The van der Waals surface area contributed by atoms with Crippen molar-refractivity contribution in [2.24, 2.45) is 0 Å². The molecular formula is C19H20F3N5O. The fraction of sp³-hybridized carbons (Fsp3) is 0.368. The summed E-state index contributed by atoms with van der Waals surface area (Å²) in [5.74, 6) is 0.123. The molecule has 0 spiro atoms. The molecule has 1 atom stereocenters. The number of likely N-dealkylation sites (N-methyl/N-ethyl adjacent to an activating group) is 1. The first kappa shape index (κ1) is 18.5. The number of rotatable bonds is 3. The summed E-state index contributed by atoms with van der Waals surface area (Å²) >= 11 is 0. The molecule has 1 saturated heterocycles. The number of likely N-dealkylation sites (tertiary alicyclic amines) is 1. The zero-order chi connectivity index (χ0) is 19.9. The van der Waals surface area contributed by atoms with Crippen LogP contribution in [0.5, 0.6) is 5.75 Å². The van der Waals surface area contributed by atoms with E-state index < -0.39 is 17.5 Å². The van der Waals surface area contributed by atoms with E-state index in [2.05, 4.69) is 27.5 Å². The van der Waals surface area contributed by atoms with Crippen molar-refractivity contribution < 1.29 is 18.3 Å². The van der Waals surface area contributed by atoms with Gasteiger partial charge in [0.1, 0.15) is 5.75 Å². The SMILES string of the molecule is CN1CCC[C@@H](Nc2nnc3c(-c4ccc(C(F)(F)F)cc4O)cccn23)C1. The number of piperidine rings is 1. The van der Waals surface area contributed by atoms with E-state index >= 15 is 0 Å². The van der Waals surface area contributed by atoms with E-state index in [1.54, 1.807) is 22.7 Å². The minimum absolute atomic E-state index is 0.245. The van der Waals surface area contributed by atoms with Crippen LogP contribution in [0, 0.1) is 0 Å². The Morgan fingerprint density at radius 2 is 2.00 bits per heavy atom. The molecule has 9 heteroatoms. The van der Waals surface area contributed by atoms with Crippen LogP contribution in [0.2, 0.25) is 0 Å². The van der Waals surface area contributed by atoms with Gasteiger partial charge in [-0.3, -0.25) is 4.40 Å². The lowest BCUT2D eigenvalue weighted by Crippen LogP contribution is -2.40. The van der Waals surface area contributed by atoms with Gasteiger partial charge in [0.25, 0.3) is 0 Å². The van der Waals surface area contributed by atoms with Crippen molar-refractivity contribution in [3.8, 4) is 16.9 Å². The van der Waals surface area contributed by atoms with E-state index in [0.717, 1.165) is 38.1 Å². The third kappa shape index (κ3) is 3.49. The number of hydrogen-bond donors (Lipinski definition) is 2. The summed E-state index contributed by atoms with van der Waals surface area (Å²) in [5.41, 5.74) is 0.347. The molecule has 4 rings (SSSR count). The number of phenolic OH excluding ortho intramolecular Hbond substituents is 1. The quantitative estimate of drug-likeness (QED) is 0.714. The lowest BCUT2D eigenvalue weighted by Gasteiger charge is -2.30. The number of aromatic nitrogens is 3. The number of alkyl halides is 3. The number of anilines is 1. The highest BCUT2D eigenvalue weighted by Crippen LogP contribution is 2.37. The van der Waals surface area contributed by atoms with Crippen LogP contribution in [0.1, 0.15) is 18.4 Å². The average Bonchev–Trinajstić information content (AvgIpc) is 3.04. The Balaban J connectivity index is 1.69. The molecule has 1 aromatic carbocycles. The van der Waals surface area contributed by atoms with Crippen LogP contribution in [-0.4, -0.2) is 50.8 Å². The minimum atomic E-state index is -4.51. The third-order valence-corrected chi connectivity index (χ3v) is 5.01. The second-order valence-corrected chi connectivity index (χ2v) is 7.11. The maximum Gasteiger partial charge on any atom is 0.416 e. The molecule has 2 aromatic heterocycles. The van der Waals surface area contributed by atoms with E-state index in [4.69, 9.17) is 0 Å². The van der Waals surface area contributed by atoms with Crippen molar-refractivity contribution in [2.75, 3.05) is 25.5 Å². The van der Waals surface area contributed by atoms with Gasteiger partial charge in [-0.05, 0) is 56.8 Å². The molecule has 28 heavy (non-hydrogen) atoms. The van der Waals surface area contributed by atoms with Gasteiger partial charge in [0.2, 0.25) is 5.95 Å². The monoisotopic (exact) mass is 391 g/mol. The molecule has 0 amide bonds. The summed E-state index contributed by atoms with van der Waals surface area (Å²) in [6.45, 7) is 1.96. The van der Waals surface area contributed by atoms with Crippen LogP contribution < -0.4 is 5.32 Å². The summed E-state index contributed by atoms with van der Waals surface area (Å²) in [5, 5.41) is 22.0. The first-order valence-corrected chi connectivity index (χ1v) is 9.02. The third-order valence-electron chi connectivity index (χ3n) is 5.01. The predicted molar refractivity (Wildman–Crippen MR) is 99.2 cm³/mol. The second-order valence-electron chi connectivity index (χ2n) is 7.11. The second kappa shape index (κ2) is 6.97.